The minimum absolute atomic E-state index is 0.0948. The number of ether oxygens (including phenoxy) is 1. The molecular formula is C15H15BrN2O3. The topological polar surface area (TPSA) is 78.4 Å². The molecule has 21 heavy (non-hydrogen) atoms. The summed E-state index contributed by atoms with van der Waals surface area (Å²) < 4.78 is 6.64. The molecule has 2 aromatic carbocycles. The molecule has 5 nitrogen and oxygen atoms in total. The molecule has 0 aliphatic carbocycles. The molecule has 6 heteroatoms. The quantitative estimate of drug-likeness (QED) is 0.661. The third-order valence-corrected chi connectivity index (χ3v) is 3.76. The zero-order chi connectivity index (χ0) is 15.6. The Morgan fingerprint density at radius 1 is 1.19 bits per heavy atom. The normalized spacial score (nSPS) is 10.5. The molecule has 0 atom stereocenters. The lowest BCUT2D eigenvalue weighted by atomic mass is 10.1. The molecular weight excluding hydrogens is 336 g/mol. The van der Waals surface area contributed by atoms with Crippen LogP contribution in [-0.4, -0.2) is 4.92 Å². The van der Waals surface area contributed by atoms with Crippen molar-refractivity contribution in [3.05, 3.63) is 61.6 Å². The first-order valence-corrected chi connectivity index (χ1v) is 7.13. The second-order valence-electron chi connectivity index (χ2n) is 4.73. The Morgan fingerprint density at radius 3 is 2.48 bits per heavy atom. The number of nitro benzene ring substituents is 1. The van der Waals surface area contributed by atoms with Gasteiger partial charge in [0.05, 0.1) is 9.40 Å². The molecule has 0 unspecified atom stereocenters. The van der Waals surface area contributed by atoms with Gasteiger partial charge in [0, 0.05) is 18.2 Å². The number of hydrogen-bond acceptors (Lipinski definition) is 4. The van der Waals surface area contributed by atoms with Crippen molar-refractivity contribution in [2.45, 2.75) is 20.4 Å². The van der Waals surface area contributed by atoms with Crippen LogP contribution in [0, 0.1) is 24.0 Å². The van der Waals surface area contributed by atoms with Gasteiger partial charge in [-0.2, -0.15) is 0 Å². The largest absolute Gasteiger partial charge is 0.456 e. The van der Waals surface area contributed by atoms with Gasteiger partial charge in [-0.3, -0.25) is 10.1 Å². The highest BCUT2D eigenvalue weighted by Gasteiger charge is 2.15. The fourth-order valence-corrected chi connectivity index (χ4v) is 2.46. The first kappa shape index (κ1) is 15.5. The lowest BCUT2D eigenvalue weighted by molar-refractivity contribution is -0.385. The van der Waals surface area contributed by atoms with Gasteiger partial charge < -0.3 is 10.5 Å². The molecule has 0 fully saturated rings. The molecule has 0 aliphatic heterocycles. The zero-order valence-corrected chi connectivity index (χ0v) is 13.3. The number of halogens is 1. The van der Waals surface area contributed by atoms with Crippen LogP contribution in [0.3, 0.4) is 0 Å². The van der Waals surface area contributed by atoms with Gasteiger partial charge in [0.2, 0.25) is 0 Å². The summed E-state index contributed by atoms with van der Waals surface area (Å²) in [5.41, 5.74) is 7.95. The van der Waals surface area contributed by atoms with Crippen molar-refractivity contribution in [3.8, 4) is 11.5 Å². The van der Waals surface area contributed by atoms with Crippen molar-refractivity contribution >= 4 is 21.6 Å². The number of nitrogens with two attached hydrogens (primary N) is 1. The van der Waals surface area contributed by atoms with Crippen molar-refractivity contribution in [1.29, 1.82) is 0 Å². The Morgan fingerprint density at radius 2 is 1.90 bits per heavy atom. The van der Waals surface area contributed by atoms with Gasteiger partial charge in [-0.15, -0.1) is 0 Å². The van der Waals surface area contributed by atoms with E-state index in [-0.39, 0.29) is 5.69 Å². The predicted molar refractivity (Wildman–Crippen MR) is 84.7 cm³/mol. The summed E-state index contributed by atoms with van der Waals surface area (Å²) in [6.07, 6.45) is 0. The average Bonchev–Trinajstić information content (AvgIpc) is 2.44. The Hall–Kier alpha value is -1.92. The van der Waals surface area contributed by atoms with E-state index in [1.807, 2.05) is 18.2 Å². The van der Waals surface area contributed by atoms with Gasteiger partial charge >= 0.3 is 0 Å². The van der Waals surface area contributed by atoms with Crippen LogP contribution < -0.4 is 10.5 Å². The highest BCUT2D eigenvalue weighted by molar-refractivity contribution is 9.10. The molecule has 110 valence electrons. The number of rotatable bonds is 4. The van der Waals surface area contributed by atoms with Gasteiger partial charge in [-0.05, 0) is 59.1 Å². The van der Waals surface area contributed by atoms with Crippen LogP contribution in [0.1, 0.15) is 16.7 Å². The van der Waals surface area contributed by atoms with Gasteiger partial charge in [-0.1, -0.05) is 6.07 Å². The highest BCUT2D eigenvalue weighted by Crippen LogP contribution is 2.34. The van der Waals surface area contributed by atoms with Crippen LogP contribution in [0.4, 0.5) is 5.69 Å². The molecule has 0 saturated carbocycles. The van der Waals surface area contributed by atoms with Gasteiger partial charge in [-0.25, -0.2) is 0 Å². The average molecular weight is 351 g/mol. The molecule has 0 aliphatic rings. The van der Waals surface area contributed by atoms with Crippen molar-refractivity contribution in [1.82, 2.24) is 0 Å². The number of benzene rings is 2. The minimum atomic E-state index is -0.391. The Bertz CT molecular complexity index is 702. The molecule has 0 saturated heterocycles. The van der Waals surface area contributed by atoms with E-state index in [4.69, 9.17) is 10.5 Å². The molecule has 2 rings (SSSR count). The van der Waals surface area contributed by atoms with Crippen LogP contribution in [-0.2, 0) is 6.54 Å². The van der Waals surface area contributed by atoms with E-state index in [0.717, 1.165) is 10.0 Å². The fraction of sp³-hybridized carbons (Fsp3) is 0.200. The van der Waals surface area contributed by atoms with E-state index < -0.39 is 4.92 Å². The van der Waals surface area contributed by atoms with E-state index in [0.29, 0.717) is 29.2 Å². The molecule has 0 spiro atoms. The maximum atomic E-state index is 10.9. The van der Waals surface area contributed by atoms with Crippen LogP contribution in [0.5, 0.6) is 11.5 Å². The fourth-order valence-electron chi connectivity index (χ4n) is 1.95. The van der Waals surface area contributed by atoms with Gasteiger partial charge in [0.15, 0.2) is 0 Å². The van der Waals surface area contributed by atoms with E-state index >= 15 is 0 Å². The minimum Gasteiger partial charge on any atom is -0.456 e. The summed E-state index contributed by atoms with van der Waals surface area (Å²) in [7, 11) is 0. The van der Waals surface area contributed by atoms with Gasteiger partial charge in [0.25, 0.3) is 5.69 Å². The van der Waals surface area contributed by atoms with Crippen molar-refractivity contribution in [3.63, 3.8) is 0 Å². The van der Waals surface area contributed by atoms with Crippen LogP contribution in [0.25, 0.3) is 0 Å². The summed E-state index contributed by atoms with van der Waals surface area (Å²) in [4.78, 5) is 10.5. The number of nitro groups is 1. The monoisotopic (exact) mass is 350 g/mol. The smallest absolute Gasteiger partial charge is 0.272 e. The lowest BCUT2D eigenvalue weighted by Crippen LogP contribution is -1.98. The van der Waals surface area contributed by atoms with Crippen molar-refractivity contribution in [2.24, 2.45) is 5.73 Å². The Balaban J connectivity index is 2.36. The van der Waals surface area contributed by atoms with Gasteiger partial charge in [0.1, 0.15) is 11.5 Å². The number of aryl methyl sites for hydroxylation is 2. The maximum absolute atomic E-state index is 10.9. The predicted octanol–water partition coefficient (Wildman–Crippen LogP) is 4.23. The Kier molecular flexibility index (Phi) is 4.59. The standard InChI is InChI=1S/C15H15BrN2O3/c1-9-6-15(10(2)5-13(9)18(19)20)21-14-4-3-11(8-17)7-12(14)16/h3-7H,8,17H2,1-2H3. The SMILES string of the molecule is Cc1cc([N+](=O)[O-])c(C)cc1Oc1ccc(CN)cc1Br. The molecule has 2 aromatic rings. The van der Waals surface area contributed by atoms with Crippen LogP contribution in [0.15, 0.2) is 34.8 Å². The highest BCUT2D eigenvalue weighted by atomic mass is 79.9. The summed E-state index contributed by atoms with van der Waals surface area (Å²) >= 11 is 3.44. The Labute approximate surface area is 131 Å². The molecule has 0 heterocycles. The first-order chi connectivity index (χ1) is 9.92. The van der Waals surface area contributed by atoms with E-state index in [9.17, 15) is 10.1 Å². The van der Waals surface area contributed by atoms with E-state index in [1.54, 1.807) is 19.9 Å². The lowest BCUT2D eigenvalue weighted by Gasteiger charge is -2.12. The molecule has 0 bridgehead atoms. The summed E-state index contributed by atoms with van der Waals surface area (Å²) in [6.45, 7) is 3.93. The molecule has 2 N–H and O–H groups in total. The van der Waals surface area contributed by atoms with E-state index in [1.165, 1.54) is 6.07 Å². The third-order valence-electron chi connectivity index (χ3n) is 3.14. The second kappa shape index (κ2) is 6.24. The third kappa shape index (κ3) is 3.40. The molecule has 0 radical (unpaired) electrons. The summed E-state index contributed by atoms with van der Waals surface area (Å²) in [6, 6.07) is 8.79. The maximum Gasteiger partial charge on any atom is 0.272 e. The number of nitrogens with zero attached hydrogens (tertiary/aromatic N) is 1. The first-order valence-electron chi connectivity index (χ1n) is 6.34. The second-order valence-corrected chi connectivity index (χ2v) is 5.59. The van der Waals surface area contributed by atoms with Crippen LogP contribution in [0.2, 0.25) is 0 Å². The molecule has 0 amide bonds. The van der Waals surface area contributed by atoms with Crippen molar-refractivity contribution in [2.75, 3.05) is 0 Å². The van der Waals surface area contributed by atoms with E-state index in [2.05, 4.69) is 15.9 Å². The van der Waals surface area contributed by atoms with Crippen molar-refractivity contribution < 1.29 is 9.66 Å². The summed E-state index contributed by atoms with van der Waals surface area (Å²) in [5, 5.41) is 10.9. The molecule has 0 aromatic heterocycles. The summed E-state index contributed by atoms with van der Waals surface area (Å²) in [5.74, 6) is 1.24. The number of hydrogen-bond donors (Lipinski definition) is 1. The van der Waals surface area contributed by atoms with Crippen LogP contribution >= 0.6 is 15.9 Å². The zero-order valence-electron chi connectivity index (χ0n) is 11.7.